The Kier molecular flexibility index (Phi) is 6.52. The van der Waals surface area contributed by atoms with Crippen molar-refractivity contribution in [3.63, 3.8) is 0 Å². The summed E-state index contributed by atoms with van der Waals surface area (Å²) in [5.74, 6) is 1.68. The molecule has 0 radical (unpaired) electrons. The molecule has 0 saturated carbocycles. The van der Waals surface area contributed by atoms with E-state index < -0.39 is 0 Å². The largest absolute Gasteiger partial charge is 0.491 e. The van der Waals surface area contributed by atoms with Gasteiger partial charge in [-0.05, 0) is 26.2 Å². The molecule has 1 aliphatic heterocycles. The fourth-order valence-corrected chi connectivity index (χ4v) is 5.29. The van der Waals surface area contributed by atoms with Crippen LogP contribution in [0.5, 0.6) is 5.75 Å². The predicted molar refractivity (Wildman–Crippen MR) is 136 cm³/mol. The molecule has 1 saturated heterocycles. The standard InChI is InChI=1S/C24H30N8O2S/c1-16-6-8-24(2,9-7-16)18-5-4-10-32(18)22-28-19(17-13-26-31(14-17)11-12-33)20(34-3)21(29-22)30-23-25-15-27-35-23/h6-8,13-15,18,33H,4-5,9-12H2,1-3H3,(H,25,27,28,29,30)/t18-,24?/m0/s1. The van der Waals surface area contributed by atoms with Crippen LogP contribution in [-0.2, 0) is 6.54 Å². The van der Waals surface area contributed by atoms with Crippen molar-refractivity contribution in [2.45, 2.75) is 45.7 Å². The maximum absolute atomic E-state index is 9.32. The summed E-state index contributed by atoms with van der Waals surface area (Å²) in [5, 5.41) is 17.6. The van der Waals surface area contributed by atoms with E-state index in [0.717, 1.165) is 31.4 Å². The van der Waals surface area contributed by atoms with E-state index in [-0.39, 0.29) is 18.1 Å². The summed E-state index contributed by atoms with van der Waals surface area (Å²) in [5.41, 5.74) is 2.73. The molecule has 4 heterocycles. The average molecular weight is 495 g/mol. The Morgan fingerprint density at radius 1 is 1.34 bits per heavy atom. The Labute approximate surface area is 208 Å². The van der Waals surface area contributed by atoms with E-state index in [2.05, 4.69) is 56.7 Å². The first-order valence-electron chi connectivity index (χ1n) is 11.8. The highest BCUT2D eigenvalue weighted by atomic mass is 32.1. The van der Waals surface area contributed by atoms with Gasteiger partial charge in [-0.1, -0.05) is 30.7 Å². The third-order valence-corrected chi connectivity index (χ3v) is 7.32. The van der Waals surface area contributed by atoms with Crippen molar-refractivity contribution in [2.24, 2.45) is 5.41 Å². The van der Waals surface area contributed by atoms with Crippen LogP contribution in [0.3, 0.4) is 0 Å². The van der Waals surface area contributed by atoms with Gasteiger partial charge in [0, 0.05) is 41.3 Å². The van der Waals surface area contributed by atoms with Crippen molar-refractivity contribution in [3.05, 3.63) is 42.5 Å². The first kappa shape index (κ1) is 23.4. The van der Waals surface area contributed by atoms with Crippen LogP contribution in [0.2, 0.25) is 0 Å². The van der Waals surface area contributed by atoms with E-state index in [9.17, 15) is 5.11 Å². The number of allylic oxidation sites excluding steroid dienone is 3. The SMILES string of the molecule is COc1c(Nc2ncns2)nc(N2CCC[C@H]2C2(C)C=CC(C)=CC2)nc1-c1cnn(CCO)c1. The minimum Gasteiger partial charge on any atom is -0.491 e. The first-order valence-corrected chi connectivity index (χ1v) is 12.5. The zero-order valence-corrected chi connectivity index (χ0v) is 21.0. The molecule has 5 rings (SSSR count). The molecule has 0 spiro atoms. The number of anilines is 3. The molecule has 184 valence electrons. The zero-order valence-electron chi connectivity index (χ0n) is 20.2. The quantitative estimate of drug-likeness (QED) is 0.482. The number of aromatic nitrogens is 6. The summed E-state index contributed by atoms with van der Waals surface area (Å²) in [6.45, 7) is 5.75. The minimum atomic E-state index is -0.00170. The van der Waals surface area contributed by atoms with Gasteiger partial charge in [-0.2, -0.15) is 14.5 Å². The number of aliphatic hydroxyl groups excluding tert-OH is 1. The number of nitrogens with zero attached hydrogens (tertiary/aromatic N) is 7. The van der Waals surface area contributed by atoms with Crippen molar-refractivity contribution in [2.75, 3.05) is 30.5 Å². The molecule has 1 aliphatic carbocycles. The van der Waals surface area contributed by atoms with Crippen LogP contribution in [0.15, 0.2) is 42.5 Å². The molecule has 2 aliphatic rings. The summed E-state index contributed by atoms with van der Waals surface area (Å²) in [6, 6.07) is 0.274. The van der Waals surface area contributed by atoms with Gasteiger partial charge < -0.3 is 20.1 Å². The van der Waals surface area contributed by atoms with Crippen molar-refractivity contribution in [1.29, 1.82) is 0 Å². The summed E-state index contributed by atoms with van der Waals surface area (Å²) < 4.78 is 11.6. The van der Waals surface area contributed by atoms with Crippen molar-refractivity contribution in [1.82, 2.24) is 29.1 Å². The molecule has 35 heavy (non-hydrogen) atoms. The molecular formula is C24H30N8O2S. The van der Waals surface area contributed by atoms with E-state index in [1.165, 1.54) is 23.4 Å². The third-order valence-electron chi connectivity index (χ3n) is 6.74. The lowest BCUT2D eigenvalue weighted by atomic mass is 9.75. The van der Waals surface area contributed by atoms with Gasteiger partial charge >= 0.3 is 0 Å². The summed E-state index contributed by atoms with van der Waals surface area (Å²) in [4.78, 5) is 16.5. The maximum atomic E-state index is 9.32. The molecule has 0 aromatic carbocycles. The number of methoxy groups -OCH3 is 1. The van der Waals surface area contributed by atoms with Crippen LogP contribution in [0.1, 0.15) is 33.1 Å². The van der Waals surface area contributed by atoms with Gasteiger partial charge in [-0.25, -0.2) is 9.97 Å². The minimum absolute atomic E-state index is 0.00170. The second-order valence-corrected chi connectivity index (χ2v) is 9.96. The van der Waals surface area contributed by atoms with E-state index >= 15 is 0 Å². The van der Waals surface area contributed by atoms with Gasteiger partial charge in [0.2, 0.25) is 11.1 Å². The summed E-state index contributed by atoms with van der Waals surface area (Å²) in [7, 11) is 1.60. The number of aliphatic hydroxyl groups is 1. The van der Waals surface area contributed by atoms with Crippen LogP contribution in [0.4, 0.5) is 16.9 Å². The predicted octanol–water partition coefficient (Wildman–Crippen LogP) is 3.82. The van der Waals surface area contributed by atoms with Crippen LogP contribution in [0.25, 0.3) is 11.3 Å². The van der Waals surface area contributed by atoms with Crippen LogP contribution < -0.4 is 15.0 Å². The number of hydrogen-bond donors (Lipinski definition) is 2. The number of ether oxygens (including phenoxy) is 1. The van der Waals surface area contributed by atoms with Crippen molar-refractivity contribution < 1.29 is 9.84 Å². The van der Waals surface area contributed by atoms with E-state index in [1.54, 1.807) is 18.0 Å². The average Bonchev–Trinajstić information content (AvgIpc) is 3.63. The van der Waals surface area contributed by atoms with E-state index in [0.29, 0.717) is 34.9 Å². The van der Waals surface area contributed by atoms with E-state index in [1.807, 2.05) is 6.20 Å². The van der Waals surface area contributed by atoms with Gasteiger partial charge in [0.1, 0.15) is 12.0 Å². The second-order valence-electron chi connectivity index (χ2n) is 9.18. The summed E-state index contributed by atoms with van der Waals surface area (Å²) >= 11 is 1.25. The number of nitrogens with one attached hydrogen (secondary N) is 1. The van der Waals surface area contributed by atoms with Gasteiger partial charge in [-0.3, -0.25) is 4.68 Å². The molecule has 3 aromatic rings. The normalized spacial score (nSPS) is 21.9. The van der Waals surface area contributed by atoms with Gasteiger partial charge in [0.05, 0.1) is 26.5 Å². The monoisotopic (exact) mass is 494 g/mol. The molecular weight excluding hydrogens is 464 g/mol. The Morgan fingerprint density at radius 3 is 2.94 bits per heavy atom. The van der Waals surface area contributed by atoms with Gasteiger partial charge in [-0.15, -0.1) is 0 Å². The van der Waals surface area contributed by atoms with Crippen LogP contribution in [0, 0.1) is 5.41 Å². The Hall–Kier alpha value is -3.31. The lowest BCUT2D eigenvalue weighted by Gasteiger charge is -2.39. The van der Waals surface area contributed by atoms with E-state index in [4.69, 9.17) is 14.7 Å². The first-order chi connectivity index (χ1) is 17.0. The Balaban J connectivity index is 1.59. The molecule has 1 unspecified atom stereocenters. The van der Waals surface area contributed by atoms with Crippen LogP contribution >= 0.6 is 11.5 Å². The Morgan fingerprint density at radius 2 is 2.23 bits per heavy atom. The lowest BCUT2D eigenvalue weighted by molar-refractivity contribution is 0.269. The van der Waals surface area contributed by atoms with Crippen molar-refractivity contribution in [3.8, 4) is 17.0 Å². The van der Waals surface area contributed by atoms with Crippen LogP contribution in [-0.4, -0.2) is 60.5 Å². The molecule has 10 nitrogen and oxygen atoms in total. The highest BCUT2D eigenvalue weighted by Crippen LogP contribution is 2.44. The second kappa shape index (κ2) is 9.74. The van der Waals surface area contributed by atoms with Gasteiger partial charge in [0.15, 0.2) is 11.6 Å². The molecule has 1 fully saturated rings. The van der Waals surface area contributed by atoms with Gasteiger partial charge in [0.25, 0.3) is 0 Å². The third kappa shape index (κ3) is 4.65. The Bertz CT molecular complexity index is 1240. The smallest absolute Gasteiger partial charge is 0.228 e. The summed E-state index contributed by atoms with van der Waals surface area (Å²) in [6.07, 6.45) is 15.1. The maximum Gasteiger partial charge on any atom is 0.228 e. The topological polar surface area (TPSA) is 114 Å². The molecule has 11 heteroatoms. The number of rotatable bonds is 8. The highest BCUT2D eigenvalue weighted by molar-refractivity contribution is 7.09. The molecule has 3 aromatic heterocycles. The highest BCUT2D eigenvalue weighted by Gasteiger charge is 2.41. The fourth-order valence-electron chi connectivity index (χ4n) is 4.86. The fraction of sp³-hybridized carbons (Fsp3) is 0.458. The molecule has 0 bridgehead atoms. The zero-order chi connectivity index (χ0) is 24.4. The number of hydrogen-bond acceptors (Lipinski definition) is 10. The molecule has 2 N–H and O–H groups in total. The lowest BCUT2D eigenvalue weighted by Crippen LogP contribution is -2.43. The van der Waals surface area contributed by atoms with Crippen molar-refractivity contribution >= 4 is 28.4 Å². The molecule has 2 atom stereocenters. The molecule has 0 amide bonds.